The Labute approximate surface area is 139 Å². The highest BCUT2D eigenvalue weighted by Gasteiger charge is 2.30. The standard InChI is InChI=1S/C16H11F3N2O2S/c1-9-2-7-13(23-9)12-8-24-15(20-12)21-14(22)10-3-5-11(6-4-10)16(17,18)19/h2-8H,1H3,(H,20,21,22). The van der Waals surface area contributed by atoms with Crippen LogP contribution in [0.4, 0.5) is 18.3 Å². The van der Waals surface area contributed by atoms with Crippen LogP contribution < -0.4 is 5.32 Å². The van der Waals surface area contributed by atoms with Gasteiger partial charge in [-0.3, -0.25) is 10.1 Å². The molecule has 1 aromatic carbocycles. The first-order valence-corrected chi connectivity index (χ1v) is 7.72. The summed E-state index contributed by atoms with van der Waals surface area (Å²) < 4.78 is 43.0. The Bertz CT molecular complexity index is 866. The number of alkyl halides is 3. The lowest BCUT2D eigenvalue weighted by molar-refractivity contribution is -0.137. The summed E-state index contributed by atoms with van der Waals surface area (Å²) in [6.45, 7) is 1.81. The molecule has 0 radical (unpaired) electrons. The fourth-order valence-electron chi connectivity index (χ4n) is 2.00. The lowest BCUT2D eigenvalue weighted by atomic mass is 10.1. The van der Waals surface area contributed by atoms with E-state index in [4.69, 9.17) is 4.42 Å². The van der Waals surface area contributed by atoms with Gasteiger partial charge in [0.05, 0.1) is 5.56 Å². The number of carbonyl (C=O) groups is 1. The van der Waals surface area contributed by atoms with Crippen LogP contribution in [0.2, 0.25) is 0 Å². The number of amides is 1. The van der Waals surface area contributed by atoms with Crippen LogP contribution in [-0.2, 0) is 6.18 Å². The minimum atomic E-state index is -4.43. The van der Waals surface area contributed by atoms with Crippen molar-refractivity contribution in [2.45, 2.75) is 13.1 Å². The molecule has 3 aromatic rings. The van der Waals surface area contributed by atoms with E-state index in [2.05, 4.69) is 10.3 Å². The van der Waals surface area contributed by atoms with Gasteiger partial charge < -0.3 is 4.42 Å². The van der Waals surface area contributed by atoms with Gasteiger partial charge in [-0.15, -0.1) is 11.3 Å². The smallest absolute Gasteiger partial charge is 0.416 e. The molecule has 0 aliphatic rings. The van der Waals surface area contributed by atoms with Crippen molar-refractivity contribution in [1.82, 2.24) is 4.98 Å². The molecule has 0 bridgehead atoms. The number of benzene rings is 1. The van der Waals surface area contributed by atoms with Gasteiger partial charge in [0.15, 0.2) is 10.9 Å². The molecule has 1 amide bonds. The van der Waals surface area contributed by atoms with Crippen LogP contribution in [-0.4, -0.2) is 10.9 Å². The van der Waals surface area contributed by atoms with Crippen molar-refractivity contribution in [2.75, 3.05) is 5.32 Å². The van der Waals surface area contributed by atoms with Crippen molar-refractivity contribution in [3.05, 3.63) is 58.7 Å². The number of hydrogen-bond acceptors (Lipinski definition) is 4. The molecule has 0 fully saturated rings. The van der Waals surface area contributed by atoms with Crippen LogP contribution in [0.1, 0.15) is 21.7 Å². The number of furan rings is 1. The third-order valence-electron chi connectivity index (χ3n) is 3.19. The monoisotopic (exact) mass is 352 g/mol. The first kappa shape index (κ1) is 16.3. The molecule has 0 saturated heterocycles. The molecule has 0 aliphatic heterocycles. The minimum Gasteiger partial charge on any atom is -0.460 e. The Hall–Kier alpha value is -2.61. The Morgan fingerprint density at radius 1 is 1.17 bits per heavy atom. The lowest BCUT2D eigenvalue weighted by Gasteiger charge is -2.07. The molecule has 124 valence electrons. The van der Waals surface area contributed by atoms with E-state index in [-0.39, 0.29) is 5.56 Å². The topological polar surface area (TPSA) is 55.1 Å². The van der Waals surface area contributed by atoms with Gasteiger partial charge >= 0.3 is 6.18 Å². The zero-order valence-electron chi connectivity index (χ0n) is 12.3. The van der Waals surface area contributed by atoms with Crippen LogP contribution >= 0.6 is 11.3 Å². The largest absolute Gasteiger partial charge is 0.460 e. The van der Waals surface area contributed by atoms with Gasteiger partial charge in [-0.25, -0.2) is 4.98 Å². The molecule has 1 N–H and O–H groups in total. The van der Waals surface area contributed by atoms with Gasteiger partial charge in [-0.2, -0.15) is 13.2 Å². The Kier molecular flexibility index (Phi) is 4.15. The van der Waals surface area contributed by atoms with E-state index >= 15 is 0 Å². The fraction of sp³-hybridized carbons (Fsp3) is 0.125. The van der Waals surface area contributed by atoms with Crippen molar-refractivity contribution in [3.63, 3.8) is 0 Å². The highest BCUT2D eigenvalue weighted by atomic mass is 32.1. The number of nitrogens with one attached hydrogen (secondary N) is 1. The number of thiazole rings is 1. The van der Waals surface area contributed by atoms with Gasteiger partial charge in [0.2, 0.25) is 0 Å². The van der Waals surface area contributed by atoms with Crippen molar-refractivity contribution >= 4 is 22.4 Å². The second-order valence-corrected chi connectivity index (χ2v) is 5.84. The Morgan fingerprint density at radius 2 is 1.88 bits per heavy atom. The number of nitrogens with zero attached hydrogens (tertiary/aromatic N) is 1. The maximum atomic E-state index is 12.5. The predicted molar refractivity (Wildman–Crippen MR) is 84.0 cm³/mol. The maximum absolute atomic E-state index is 12.5. The molecule has 2 heterocycles. The first-order valence-electron chi connectivity index (χ1n) is 6.84. The van der Waals surface area contributed by atoms with Crippen LogP contribution in [0.5, 0.6) is 0 Å². The fourth-order valence-corrected chi connectivity index (χ4v) is 2.69. The summed E-state index contributed by atoms with van der Waals surface area (Å²) >= 11 is 1.20. The van der Waals surface area contributed by atoms with Crippen molar-refractivity contribution in [1.29, 1.82) is 0 Å². The molecule has 24 heavy (non-hydrogen) atoms. The molecule has 0 spiro atoms. The van der Waals surface area contributed by atoms with Gasteiger partial charge in [0.25, 0.3) is 5.91 Å². The third-order valence-corrected chi connectivity index (χ3v) is 3.95. The van der Waals surface area contributed by atoms with Crippen LogP contribution in [0.3, 0.4) is 0 Å². The number of halogens is 3. The number of anilines is 1. The number of carbonyl (C=O) groups excluding carboxylic acids is 1. The predicted octanol–water partition coefficient (Wildman–Crippen LogP) is 4.98. The highest BCUT2D eigenvalue weighted by Crippen LogP contribution is 2.29. The summed E-state index contributed by atoms with van der Waals surface area (Å²) in [6, 6.07) is 7.56. The first-order chi connectivity index (χ1) is 11.3. The van der Waals surface area contributed by atoms with E-state index < -0.39 is 17.6 Å². The van der Waals surface area contributed by atoms with Crippen LogP contribution in [0, 0.1) is 6.92 Å². The summed E-state index contributed by atoms with van der Waals surface area (Å²) in [5, 5.41) is 4.62. The number of aromatic nitrogens is 1. The number of hydrogen-bond donors (Lipinski definition) is 1. The van der Waals surface area contributed by atoms with E-state index in [1.165, 1.54) is 11.3 Å². The molecular formula is C16H11F3N2O2S. The van der Waals surface area contributed by atoms with Crippen LogP contribution in [0.25, 0.3) is 11.5 Å². The third kappa shape index (κ3) is 3.48. The average molecular weight is 352 g/mol. The molecule has 3 rings (SSSR count). The van der Waals surface area contributed by atoms with E-state index in [9.17, 15) is 18.0 Å². The maximum Gasteiger partial charge on any atom is 0.416 e. The summed E-state index contributed by atoms with van der Waals surface area (Å²) in [5.74, 6) is 0.798. The normalized spacial score (nSPS) is 11.5. The van der Waals surface area contributed by atoms with Gasteiger partial charge in [0.1, 0.15) is 11.5 Å². The van der Waals surface area contributed by atoms with Gasteiger partial charge in [-0.05, 0) is 43.3 Å². The minimum absolute atomic E-state index is 0.119. The molecule has 8 heteroatoms. The quantitative estimate of drug-likeness (QED) is 0.723. The zero-order valence-corrected chi connectivity index (χ0v) is 13.2. The highest BCUT2D eigenvalue weighted by molar-refractivity contribution is 7.14. The van der Waals surface area contributed by atoms with Gasteiger partial charge in [0, 0.05) is 10.9 Å². The van der Waals surface area contributed by atoms with Crippen LogP contribution in [0.15, 0.2) is 46.2 Å². The molecule has 0 unspecified atom stereocenters. The SMILES string of the molecule is Cc1ccc(-c2csc(NC(=O)c3ccc(C(F)(F)F)cc3)n2)o1. The van der Waals surface area contributed by atoms with Crippen molar-refractivity contribution < 1.29 is 22.4 Å². The van der Waals surface area contributed by atoms with Gasteiger partial charge in [-0.1, -0.05) is 0 Å². The summed E-state index contributed by atoms with van der Waals surface area (Å²) in [5.41, 5.74) is -0.104. The second-order valence-electron chi connectivity index (χ2n) is 4.98. The summed E-state index contributed by atoms with van der Waals surface area (Å²) in [6.07, 6.45) is -4.43. The van der Waals surface area contributed by atoms with Crippen molar-refractivity contribution in [2.24, 2.45) is 0 Å². The number of rotatable bonds is 3. The Morgan fingerprint density at radius 3 is 2.46 bits per heavy atom. The molecule has 0 aliphatic carbocycles. The van der Waals surface area contributed by atoms with E-state index in [1.54, 1.807) is 17.5 Å². The summed E-state index contributed by atoms with van der Waals surface area (Å²) in [4.78, 5) is 16.3. The average Bonchev–Trinajstić information content (AvgIpc) is 3.15. The zero-order chi connectivity index (χ0) is 17.3. The van der Waals surface area contributed by atoms with Crippen molar-refractivity contribution in [3.8, 4) is 11.5 Å². The van der Waals surface area contributed by atoms with E-state index in [0.717, 1.165) is 30.0 Å². The molecule has 4 nitrogen and oxygen atoms in total. The van der Waals surface area contributed by atoms with E-state index in [1.807, 2.05) is 6.92 Å². The molecule has 0 atom stereocenters. The van der Waals surface area contributed by atoms with E-state index in [0.29, 0.717) is 16.6 Å². The lowest BCUT2D eigenvalue weighted by Crippen LogP contribution is -2.12. The summed E-state index contributed by atoms with van der Waals surface area (Å²) in [7, 11) is 0. The molecule has 2 aromatic heterocycles. The molecular weight excluding hydrogens is 341 g/mol. The number of aryl methyl sites for hydroxylation is 1. The molecule has 0 saturated carbocycles. The Balaban J connectivity index is 1.72. The second kappa shape index (κ2) is 6.12.